The second-order valence-electron chi connectivity index (χ2n) is 7.13. The Hall–Kier alpha value is -2.20. The lowest BCUT2D eigenvalue weighted by molar-refractivity contribution is -0.137. The van der Waals surface area contributed by atoms with Crippen LogP contribution in [0.4, 0.5) is 27.6 Å². The Morgan fingerprint density at radius 2 is 1.70 bits per heavy atom. The summed E-state index contributed by atoms with van der Waals surface area (Å²) in [5, 5.41) is 2.89. The molecule has 0 aliphatic carbocycles. The Kier molecular flexibility index (Phi) is 6.37. The monoisotopic (exact) mass is 449 g/mol. The van der Waals surface area contributed by atoms with Crippen molar-refractivity contribution in [2.45, 2.75) is 35.1 Å². The van der Waals surface area contributed by atoms with Gasteiger partial charge in [-0.3, -0.25) is 0 Å². The van der Waals surface area contributed by atoms with E-state index in [-0.39, 0.29) is 12.2 Å². The van der Waals surface area contributed by atoms with Gasteiger partial charge < -0.3 is 10.1 Å². The highest BCUT2D eigenvalue weighted by Gasteiger charge is 2.38. The highest BCUT2D eigenvalue weighted by atomic mass is 32.2. The minimum Gasteiger partial charge on any atom is -0.383 e. The summed E-state index contributed by atoms with van der Waals surface area (Å²) in [6, 6.07) is 10.2. The molecule has 1 fully saturated rings. The van der Waals surface area contributed by atoms with Gasteiger partial charge in [-0.1, -0.05) is 30.3 Å². The number of nitrogens with one attached hydrogen (secondary N) is 1. The normalized spacial score (nSPS) is 17.1. The van der Waals surface area contributed by atoms with E-state index in [1.165, 1.54) is 24.3 Å². The van der Waals surface area contributed by atoms with Crippen molar-refractivity contribution < 1.29 is 35.1 Å². The average molecular weight is 449 g/mol. The van der Waals surface area contributed by atoms with Gasteiger partial charge in [0.05, 0.1) is 16.1 Å². The van der Waals surface area contributed by atoms with Gasteiger partial charge in [0, 0.05) is 25.2 Å². The van der Waals surface area contributed by atoms with Crippen molar-refractivity contribution in [3.05, 3.63) is 59.7 Å². The Labute approximate surface area is 171 Å². The maximum atomic E-state index is 13.2. The van der Waals surface area contributed by atoms with Crippen molar-refractivity contribution >= 4 is 15.5 Å². The van der Waals surface area contributed by atoms with E-state index in [0.29, 0.717) is 31.6 Å². The predicted molar refractivity (Wildman–Crippen MR) is 101 cm³/mol. The fraction of sp³-hybridized carbons (Fsp3) is 0.400. The van der Waals surface area contributed by atoms with E-state index in [1.54, 1.807) is 6.07 Å². The van der Waals surface area contributed by atoms with Crippen LogP contribution in [0.2, 0.25) is 0 Å². The van der Waals surface area contributed by atoms with Gasteiger partial charge in [0.2, 0.25) is 9.84 Å². The fourth-order valence-electron chi connectivity index (χ4n) is 3.58. The standard InChI is InChI=1S/C20H20F5NO3S/c21-18(22)30(27,28)17-7-2-1-6-16(17)26-13-19(8-10-29-11-9-19)14-4-3-5-15(12-14)20(23,24)25/h1-7,12,18,26H,8-11,13H2. The fourth-order valence-corrected chi connectivity index (χ4v) is 4.48. The largest absolute Gasteiger partial charge is 0.416 e. The number of sulfone groups is 1. The van der Waals surface area contributed by atoms with E-state index in [9.17, 15) is 30.4 Å². The molecule has 0 aromatic heterocycles. The molecule has 0 unspecified atom stereocenters. The Morgan fingerprint density at radius 3 is 2.33 bits per heavy atom. The summed E-state index contributed by atoms with van der Waals surface area (Å²) in [4.78, 5) is -0.550. The van der Waals surface area contributed by atoms with Gasteiger partial charge in [0.1, 0.15) is 0 Å². The summed E-state index contributed by atoms with van der Waals surface area (Å²) >= 11 is 0. The first-order valence-electron chi connectivity index (χ1n) is 9.17. The second kappa shape index (κ2) is 8.50. The number of anilines is 1. The molecule has 30 heavy (non-hydrogen) atoms. The van der Waals surface area contributed by atoms with Gasteiger partial charge in [0.15, 0.2) is 0 Å². The van der Waals surface area contributed by atoms with Gasteiger partial charge in [-0.2, -0.15) is 22.0 Å². The molecule has 2 aromatic carbocycles. The number of halogens is 5. The minimum absolute atomic E-state index is 0.0179. The smallest absolute Gasteiger partial charge is 0.383 e. The van der Waals surface area contributed by atoms with Crippen LogP contribution >= 0.6 is 0 Å². The van der Waals surface area contributed by atoms with Crippen LogP contribution in [0.25, 0.3) is 0 Å². The summed E-state index contributed by atoms with van der Waals surface area (Å²) in [5.41, 5.74) is -1.15. The lowest BCUT2D eigenvalue weighted by Crippen LogP contribution is -2.40. The van der Waals surface area contributed by atoms with Crippen molar-refractivity contribution in [3.63, 3.8) is 0 Å². The zero-order valence-corrected chi connectivity index (χ0v) is 16.6. The number of hydrogen-bond acceptors (Lipinski definition) is 4. The summed E-state index contributed by atoms with van der Waals surface area (Å²) < 4.78 is 94.9. The molecule has 10 heteroatoms. The zero-order chi connectivity index (χ0) is 22.0. The molecule has 2 aromatic rings. The molecule has 4 nitrogen and oxygen atoms in total. The minimum atomic E-state index is -4.84. The third kappa shape index (κ3) is 4.59. The van der Waals surface area contributed by atoms with Crippen LogP contribution in [0.1, 0.15) is 24.0 Å². The van der Waals surface area contributed by atoms with Crippen LogP contribution in [0, 0.1) is 0 Å². The van der Waals surface area contributed by atoms with Crippen LogP contribution in [-0.2, 0) is 26.2 Å². The SMILES string of the molecule is O=S(=O)(c1ccccc1NCC1(c2cccc(C(F)(F)F)c2)CCOCC1)C(F)F. The molecule has 3 rings (SSSR count). The van der Waals surface area contributed by atoms with Gasteiger partial charge in [-0.05, 0) is 36.6 Å². The molecule has 1 aliphatic rings. The molecule has 0 radical (unpaired) electrons. The third-order valence-electron chi connectivity index (χ3n) is 5.30. The van der Waals surface area contributed by atoms with E-state index in [1.807, 2.05) is 0 Å². The predicted octanol–water partition coefficient (Wildman–Crippen LogP) is 4.86. The Bertz CT molecular complexity index is 986. The first-order chi connectivity index (χ1) is 14.1. The summed E-state index contributed by atoms with van der Waals surface area (Å²) in [7, 11) is -4.84. The van der Waals surface area contributed by atoms with E-state index < -0.39 is 37.6 Å². The molecular formula is C20H20F5NO3S. The summed E-state index contributed by atoms with van der Waals surface area (Å²) in [5.74, 6) is -3.58. The topological polar surface area (TPSA) is 55.4 Å². The lowest BCUT2D eigenvalue weighted by Gasteiger charge is -2.38. The molecule has 164 valence electrons. The number of para-hydroxylation sites is 1. The first-order valence-corrected chi connectivity index (χ1v) is 10.7. The molecule has 0 atom stereocenters. The highest BCUT2D eigenvalue weighted by molar-refractivity contribution is 7.91. The molecule has 0 saturated carbocycles. The van der Waals surface area contributed by atoms with Gasteiger partial charge in [-0.25, -0.2) is 8.42 Å². The molecule has 1 N–H and O–H groups in total. The summed E-state index contributed by atoms with van der Waals surface area (Å²) in [6.45, 7) is 0.692. The van der Waals surface area contributed by atoms with Gasteiger partial charge in [0.25, 0.3) is 0 Å². The maximum absolute atomic E-state index is 13.2. The Balaban J connectivity index is 1.95. The molecule has 0 spiro atoms. The van der Waals surface area contributed by atoms with E-state index in [4.69, 9.17) is 4.74 Å². The Morgan fingerprint density at radius 1 is 1.03 bits per heavy atom. The molecule has 1 saturated heterocycles. The van der Waals surface area contributed by atoms with Crippen molar-refractivity contribution in [2.75, 3.05) is 25.1 Å². The van der Waals surface area contributed by atoms with Crippen molar-refractivity contribution in [1.29, 1.82) is 0 Å². The highest BCUT2D eigenvalue weighted by Crippen LogP contribution is 2.39. The molecule has 0 amide bonds. The van der Waals surface area contributed by atoms with Crippen molar-refractivity contribution in [1.82, 2.24) is 0 Å². The number of benzene rings is 2. The number of ether oxygens (including phenoxy) is 1. The molecular weight excluding hydrogens is 429 g/mol. The van der Waals surface area contributed by atoms with Gasteiger partial charge in [-0.15, -0.1) is 0 Å². The van der Waals surface area contributed by atoms with E-state index in [2.05, 4.69) is 5.32 Å². The van der Waals surface area contributed by atoms with Crippen LogP contribution in [0.3, 0.4) is 0 Å². The van der Waals surface area contributed by atoms with Crippen LogP contribution in [-0.4, -0.2) is 33.9 Å². The van der Waals surface area contributed by atoms with Crippen LogP contribution < -0.4 is 5.32 Å². The van der Waals surface area contributed by atoms with E-state index in [0.717, 1.165) is 18.2 Å². The average Bonchev–Trinajstić information content (AvgIpc) is 2.72. The number of alkyl halides is 5. The molecule has 1 aliphatic heterocycles. The summed E-state index contributed by atoms with van der Waals surface area (Å²) in [6.07, 6.45) is -3.72. The first kappa shape index (κ1) is 22.5. The third-order valence-corrected chi connectivity index (χ3v) is 6.74. The number of rotatable bonds is 6. The van der Waals surface area contributed by atoms with E-state index >= 15 is 0 Å². The van der Waals surface area contributed by atoms with Crippen LogP contribution in [0.5, 0.6) is 0 Å². The van der Waals surface area contributed by atoms with Gasteiger partial charge >= 0.3 is 11.9 Å². The lowest BCUT2D eigenvalue weighted by atomic mass is 9.73. The van der Waals surface area contributed by atoms with Crippen LogP contribution in [0.15, 0.2) is 53.4 Å². The molecule has 0 bridgehead atoms. The van der Waals surface area contributed by atoms with Crippen molar-refractivity contribution in [2.24, 2.45) is 0 Å². The quantitative estimate of drug-likeness (QED) is 0.640. The molecule has 1 heterocycles. The maximum Gasteiger partial charge on any atom is 0.416 e. The van der Waals surface area contributed by atoms with Crippen molar-refractivity contribution in [3.8, 4) is 0 Å². The second-order valence-corrected chi connectivity index (χ2v) is 9.01. The number of hydrogen-bond donors (Lipinski definition) is 1. The zero-order valence-electron chi connectivity index (χ0n) is 15.8.